The molecule has 0 aliphatic carbocycles. The van der Waals surface area contributed by atoms with Crippen molar-refractivity contribution < 1.29 is 13.9 Å². The highest BCUT2D eigenvalue weighted by Crippen LogP contribution is 2.28. The highest BCUT2D eigenvalue weighted by Gasteiger charge is 2.27. The van der Waals surface area contributed by atoms with Gasteiger partial charge in [0.05, 0.1) is 25.9 Å². The second kappa shape index (κ2) is 5.75. The molecule has 1 aliphatic rings. The molecule has 0 amide bonds. The van der Waals surface area contributed by atoms with E-state index in [1.54, 1.807) is 0 Å². The van der Waals surface area contributed by atoms with E-state index in [9.17, 15) is 4.39 Å². The van der Waals surface area contributed by atoms with Crippen LogP contribution < -0.4 is 11.3 Å². The Labute approximate surface area is 104 Å². The molecule has 2 rings (SSSR count). The second-order valence-electron chi connectivity index (χ2n) is 3.79. The maximum Gasteiger partial charge on any atom is 0.123 e. The monoisotopic (exact) mass is 260 g/mol. The summed E-state index contributed by atoms with van der Waals surface area (Å²) in [5.74, 6) is 5.13. The van der Waals surface area contributed by atoms with Gasteiger partial charge in [-0.25, -0.2) is 4.39 Å². The van der Waals surface area contributed by atoms with Crippen molar-refractivity contribution >= 4 is 11.6 Å². The first-order chi connectivity index (χ1) is 8.22. The van der Waals surface area contributed by atoms with E-state index in [0.29, 0.717) is 30.4 Å². The van der Waals surface area contributed by atoms with Gasteiger partial charge in [-0.2, -0.15) is 0 Å². The van der Waals surface area contributed by atoms with Gasteiger partial charge in [0.1, 0.15) is 11.9 Å². The molecule has 2 atom stereocenters. The number of benzene rings is 1. The first kappa shape index (κ1) is 12.7. The number of hydrogen-bond acceptors (Lipinski definition) is 4. The van der Waals surface area contributed by atoms with Crippen LogP contribution in [0.5, 0.6) is 0 Å². The summed E-state index contributed by atoms with van der Waals surface area (Å²) in [4.78, 5) is 0. The van der Waals surface area contributed by atoms with E-state index < -0.39 is 6.04 Å². The lowest BCUT2D eigenvalue weighted by molar-refractivity contribution is -0.102. The number of nitrogens with one attached hydrogen (secondary N) is 1. The summed E-state index contributed by atoms with van der Waals surface area (Å²) in [6.07, 6.45) is -0.270. The number of hydrazine groups is 1. The zero-order chi connectivity index (χ0) is 12.3. The van der Waals surface area contributed by atoms with Crippen molar-refractivity contribution in [2.75, 3.05) is 19.8 Å². The largest absolute Gasteiger partial charge is 0.376 e. The number of rotatable bonds is 3. The van der Waals surface area contributed by atoms with Gasteiger partial charge >= 0.3 is 0 Å². The van der Waals surface area contributed by atoms with E-state index >= 15 is 0 Å². The lowest BCUT2D eigenvalue weighted by Gasteiger charge is -2.30. The summed E-state index contributed by atoms with van der Waals surface area (Å²) in [6, 6.07) is 3.77. The van der Waals surface area contributed by atoms with Crippen LogP contribution in [0.4, 0.5) is 4.39 Å². The third kappa shape index (κ3) is 2.94. The van der Waals surface area contributed by atoms with Crippen molar-refractivity contribution in [2.24, 2.45) is 5.84 Å². The summed E-state index contributed by atoms with van der Waals surface area (Å²) >= 11 is 6.03. The quantitative estimate of drug-likeness (QED) is 0.637. The van der Waals surface area contributed by atoms with Gasteiger partial charge in [-0.3, -0.25) is 11.3 Å². The molecule has 1 heterocycles. The van der Waals surface area contributed by atoms with Crippen LogP contribution in [0.1, 0.15) is 11.6 Å². The highest BCUT2D eigenvalue weighted by molar-refractivity contribution is 6.31. The molecule has 2 unspecified atom stereocenters. The van der Waals surface area contributed by atoms with E-state index in [0.717, 1.165) is 0 Å². The molecule has 6 heteroatoms. The maximum absolute atomic E-state index is 13.2. The summed E-state index contributed by atoms with van der Waals surface area (Å²) in [7, 11) is 0. The first-order valence-corrected chi connectivity index (χ1v) is 5.70. The van der Waals surface area contributed by atoms with Crippen molar-refractivity contribution in [2.45, 2.75) is 12.1 Å². The van der Waals surface area contributed by atoms with Crippen molar-refractivity contribution in [3.8, 4) is 0 Å². The molecule has 0 saturated carbocycles. The molecular weight excluding hydrogens is 247 g/mol. The van der Waals surface area contributed by atoms with Crippen LogP contribution in [0.15, 0.2) is 18.2 Å². The third-order valence-corrected chi connectivity index (χ3v) is 3.03. The topological polar surface area (TPSA) is 56.5 Å². The zero-order valence-electron chi connectivity index (χ0n) is 9.16. The van der Waals surface area contributed by atoms with Gasteiger partial charge in [0, 0.05) is 5.02 Å². The van der Waals surface area contributed by atoms with Crippen LogP contribution in [-0.2, 0) is 9.47 Å². The molecule has 17 heavy (non-hydrogen) atoms. The number of halogens is 2. The molecule has 1 fully saturated rings. The summed E-state index contributed by atoms with van der Waals surface area (Å²) in [5, 5.41) is 0.448. The molecule has 1 aromatic rings. The van der Waals surface area contributed by atoms with E-state index in [4.69, 9.17) is 26.9 Å². The molecule has 1 aliphatic heterocycles. The smallest absolute Gasteiger partial charge is 0.123 e. The number of hydrogen-bond donors (Lipinski definition) is 2. The Morgan fingerprint density at radius 1 is 1.47 bits per heavy atom. The molecule has 0 radical (unpaired) electrons. The second-order valence-corrected chi connectivity index (χ2v) is 4.20. The van der Waals surface area contributed by atoms with Crippen LogP contribution in [0.25, 0.3) is 0 Å². The molecule has 0 spiro atoms. The van der Waals surface area contributed by atoms with Gasteiger partial charge in [-0.1, -0.05) is 11.6 Å². The van der Waals surface area contributed by atoms with Gasteiger partial charge in [0.2, 0.25) is 0 Å². The van der Waals surface area contributed by atoms with Crippen molar-refractivity contribution in [1.29, 1.82) is 0 Å². The lowest BCUT2D eigenvalue weighted by atomic mass is 10.0. The standard InChI is InChI=1S/C11H14ClFN2O2/c12-9-2-1-7(13)5-8(9)11(15-14)10-6-16-3-4-17-10/h1-2,5,10-11,15H,3-4,6,14H2. The predicted octanol–water partition coefficient (Wildman–Crippen LogP) is 1.40. The molecule has 3 N–H and O–H groups in total. The molecular formula is C11H14ClFN2O2. The first-order valence-electron chi connectivity index (χ1n) is 5.33. The fraction of sp³-hybridized carbons (Fsp3) is 0.455. The highest BCUT2D eigenvalue weighted by atomic mass is 35.5. The summed E-state index contributed by atoms with van der Waals surface area (Å²) in [5.41, 5.74) is 3.17. The minimum absolute atomic E-state index is 0.270. The minimum Gasteiger partial charge on any atom is -0.376 e. The van der Waals surface area contributed by atoms with Crippen LogP contribution in [0.3, 0.4) is 0 Å². The minimum atomic E-state index is -0.390. The Morgan fingerprint density at radius 2 is 2.29 bits per heavy atom. The predicted molar refractivity (Wildman–Crippen MR) is 62.0 cm³/mol. The van der Waals surface area contributed by atoms with Gasteiger partial charge in [0.15, 0.2) is 0 Å². The van der Waals surface area contributed by atoms with Crippen molar-refractivity contribution in [1.82, 2.24) is 5.43 Å². The van der Waals surface area contributed by atoms with Crippen molar-refractivity contribution in [3.05, 3.63) is 34.6 Å². The Morgan fingerprint density at radius 3 is 2.94 bits per heavy atom. The molecule has 1 saturated heterocycles. The van der Waals surface area contributed by atoms with E-state index in [1.165, 1.54) is 18.2 Å². The molecule has 0 bridgehead atoms. The van der Waals surface area contributed by atoms with Gasteiger partial charge in [-0.05, 0) is 23.8 Å². The lowest BCUT2D eigenvalue weighted by Crippen LogP contribution is -2.43. The zero-order valence-corrected chi connectivity index (χ0v) is 9.91. The normalized spacial score (nSPS) is 22.4. The molecule has 94 valence electrons. The third-order valence-electron chi connectivity index (χ3n) is 2.69. The molecule has 0 aromatic heterocycles. The van der Waals surface area contributed by atoms with Crippen LogP contribution in [0, 0.1) is 5.82 Å². The number of nitrogens with two attached hydrogens (primary N) is 1. The van der Waals surface area contributed by atoms with Crippen molar-refractivity contribution in [3.63, 3.8) is 0 Å². The van der Waals surface area contributed by atoms with E-state index in [1.807, 2.05) is 0 Å². The summed E-state index contributed by atoms with van der Waals surface area (Å²) in [6.45, 7) is 1.46. The van der Waals surface area contributed by atoms with E-state index in [2.05, 4.69) is 5.43 Å². The SMILES string of the molecule is NNC(c1cc(F)ccc1Cl)C1COCCO1. The number of ether oxygens (including phenoxy) is 2. The molecule has 4 nitrogen and oxygen atoms in total. The average Bonchev–Trinajstić information content (AvgIpc) is 2.36. The van der Waals surface area contributed by atoms with Crippen LogP contribution in [0.2, 0.25) is 5.02 Å². The maximum atomic E-state index is 13.2. The van der Waals surface area contributed by atoms with Gasteiger partial charge in [-0.15, -0.1) is 0 Å². The van der Waals surface area contributed by atoms with Crippen LogP contribution in [-0.4, -0.2) is 25.9 Å². The van der Waals surface area contributed by atoms with Gasteiger partial charge < -0.3 is 9.47 Å². The molecule has 1 aromatic carbocycles. The Balaban J connectivity index is 2.24. The fourth-order valence-electron chi connectivity index (χ4n) is 1.85. The van der Waals surface area contributed by atoms with Crippen LogP contribution >= 0.6 is 11.6 Å². The van der Waals surface area contributed by atoms with Gasteiger partial charge in [0.25, 0.3) is 0 Å². The summed E-state index contributed by atoms with van der Waals surface area (Å²) < 4.78 is 24.0. The van der Waals surface area contributed by atoms with E-state index in [-0.39, 0.29) is 11.9 Å². The Kier molecular flexibility index (Phi) is 4.31. The fourth-order valence-corrected chi connectivity index (χ4v) is 2.08. The Bertz CT molecular complexity index is 386. The average molecular weight is 261 g/mol. The Hall–Kier alpha value is -0.720.